The summed E-state index contributed by atoms with van der Waals surface area (Å²) in [5, 5.41) is 26.1. The van der Waals surface area contributed by atoms with Gasteiger partial charge >= 0.3 is 0 Å². The van der Waals surface area contributed by atoms with Crippen LogP contribution >= 0.6 is 11.3 Å². The molecule has 6 nitrogen and oxygen atoms in total. The summed E-state index contributed by atoms with van der Waals surface area (Å²) in [5.74, 6) is 7.08. The van der Waals surface area contributed by atoms with Crippen molar-refractivity contribution in [2.45, 2.75) is 31.4 Å². The van der Waals surface area contributed by atoms with Gasteiger partial charge < -0.3 is 19.5 Å². The van der Waals surface area contributed by atoms with Crippen LogP contribution in [0.15, 0.2) is 46.3 Å². The Bertz CT molecular complexity index is 1070. The molecular weight excluding hydrogens is 412 g/mol. The van der Waals surface area contributed by atoms with Crippen LogP contribution in [0.5, 0.6) is 5.75 Å². The molecule has 3 heterocycles. The van der Waals surface area contributed by atoms with Gasteiger partial charge in [0, 0.05) is 53.5 Å². The van der Waals surface area contributed by atoms with Gasteiger partial charge in [0.2, 0.25) is 0 Å². The van der Waals surface area contributed by atoms with E-state index in [0.717, 1.165) is 42.2 Å². The predicted octanol–water partition coefficient (Wildman–Crippen LogP) is 3.33. The first-order valence-electron chi connectivity index (χ1n) is 10.3. The van der Waals surface area contributed by atoms with E-state index >= 15 is 0 Å². The van der Waals surface area contributed by atoms with Crippen molar-refractivity contribution in [1.82, 2.24) is 10.1 Å². The highest BCUT2D eigenvalue weighted by Gasteiger charge is 2.34. The number of thiophene rings is 1. The number of aromatic nitrogens is 1. The van der Waals surface area contributed by atoms with Crippen molar-refractivity contribution in [2.24, 2.45) is 0 Å². The Morgan fingerprint density at radius 2 is 2.10 bits per heavy atom. The van der Waals surface area contributed by atoms with Crippen LogP contribution in [0.4, 0.5) is 0 Å². The fourth-order valence-electron chi connectivity index (χ4n) is 3.83. The number of hydrogen-bond donors (Lipinski definition) is 2. The molecule has 0 atom stereocenters. The van der Waals surface area contributed by atoms with E-state index < -0.39 is 5.60 Å². The molecule has 0 spiro atoms. The van der Waals surface area contributed by atoms with Gasteiger partial charge in [-0.2, -0.15) is 0 Å². The monoisotopic (exact) mass is 438 g/mol. The number of benzene rings is 1. The summed E-state index contributed by atoms with van der Waals surface area (Å²) >= 11 is 1.68. The lowest BCUT2D eigenvalue weighted by Gasteiger charge is -2.37. The summed E-state index contributed by atoms with van der Waals surface area (Å²) in [6, 6.07) is 11.7. The summed E-state index contributed by atoms with van der Waals surface area (Å²) in [6.07, 6.45) is 1.83. The number of nitrogens with zero attached hydrogens (tertiary/aromatic N) is 2. The highest BCUT2D eigenvalue weighted by Crippen LogP contribution is 2.30. The Labute approximate surface area is 186 Å². The maximum absolute atomic E-state index is 11.1. The summed E-state index contributed by atoms with van der Waals surface area (Å²) in [7, 11) is 1.64. The normalized spacial score (nSPS) is 16.0. The molecule has 162 valence electrons. The summed E-state index contributed by atoms with van der Waals surface area (Å²) in [6.45, 7) is 2.37. The van der Waals surface area contributed by atoms with Crippen molar-refractivity contribution < 1.29 is 19.5 Å². The molecule has 31 heavy (non-hydrogen) atoms. The van der Waals surface area contributed by atoms with Crippen LogP contribution in [0.3, 0.4) is 0 Å². The number of hydrogen-bond acceptors (Lipinski definition) is 7. The van der Waals surface area contributed by atoms with Crippen LogP contribution in [0.1, 0.15) is 29.0 Å². The number of piperidine rings is 1. The standard InChI is InChI=1S/C24H26N2O4S/c1-29-20-6-2-5-19(13-20)23-14-21(30-25-23)15-24(28)7-9-26(10-8-24)16-22-12-18(17-31-22)4-3-11-27/h2,5-6,12-14,17,27-28H,7-11,15-16H2,1H3. The molecule has 0 amide bonds. The first kappa shape index (κ1) is 21.6. The van der Waals surface area contributed by atoms with Crippen LogP contribution in [0, 0.1) is 11.8 Å². The maximum atomic E-state index is 11.1. The molecule has 0 aliphatic carbocycles. The third-order valence-corrected chi connectivity index (χ3v) is 6.48. The molecule has 1 aliphatic heterocycles. The molecule has 0 radical (unpaired) electrons. The second-order valence-electron chi connectivity index (χ2n) is 7.85. The molecule has 1 aliphatic rings. The first-order valence-corrected chi connectivity index (χ1v) is 11.2. The molecule has 4 rings (SSSR count). The molecule has 1 fully saturated rings. The summed E-state index contributed by atoms with van der Waals surface area (Å²) in [5.41, 5.74) is 1.83. The Kier molecular flexibility index (Phi) is 6.73. The number of ether oxygens (including phenoxy) is 1. The van der Waals surface area contributed by atoms with E-state index in [9.17, 15) is 5.11 Å². The second-order valence-corrected chi connectivity index (χ2v) is 8.85. The van der Waals surface area contributed by atoms with Crippen molar-refractivity contribution in [1.29, 1.82) is 0 Å². The number of aliphatic hydroxyl groups excluding tert-OH is 1. The van der Waals surface area contributed by atoms with Gasteiger partial charge in [0.1, 0.15) is 23.8 Å². The summed E-state index contributed by atoms with van der Waals surface area (Å²) < 4.78 is 10.8. The maximum Gasteiger partial charge on any atom is 0.140 e. The van der Waals surface area contributed by atoms with Gasteiger partial charge in [-0.05, 0) is 31.0 Å². The molecular formula is C24H26N2O4S. The third-order valence-electron chi connectivity index (χ3n) is 5.56. The first-order chi connectivity index (χ1) is 15.1. The van der Waals surface area contributed by atoms with Crippen molar-refractivity contribution in [3.8, 4) is 28.8 Å². The highest BCUT2D eigenvalue weighted by atomic mass is 32.1. The van der Waals surface area contributed by atoms with Crippen molar-refractivity contribution >= 4 is 11.3 Å². The number of aliphatic hydroxyl groups is 2. The third kappa shape index (κ3) is 5.54. The average Bonchev–Trinajstić information content (AvgIpc) is 3.43. The number of likely N-dealkylation sites (tertiary alicyclic amines) is 1. The molecule has 2 aromatic heterocycles. The van der Waals surface area contributed by atoms with Crippen LogP contribution in [-0.4, -0.2) is 52.7 Å². The van der Waals surface area contributed by atoms with Gasteiger partial charge in [-0.1, -0.05) is 29.1 Å². The molecule has 0 bridgehead atoms. The van der Waals surface area contributed by atoms with Crippen molar-refractivity contribution in [3.05, 3.63) is 58.0 Å². The van der Waals surface area contributed by atoms with Gasteiger partial charge in [0.25, 0.3) is 0 Å². The number of rotatable bonds is 6. The fourth-order valence-corrected chi connectivity index (χ4v) is 4.69. The molecule has 0 saturated carbocycles. The molecule has 3 aromatic rings. The quantitative estimate of drug-likeness (QED) is 0.575. The van der Waals surface area contributed by atoms with E-state index in [2.05, 4.69) is 28.0 Å². The van der Waals surface area contributed by atoms with Gasteiger partial charge in [-0.25, -0.2) is 0 Å². The smallest absolute Gasteiger partial charge is 0.140 e. The molecule has 7 heteroatoms. The lowest BCUT2D eigenvalue weighted by Crippen LogP contribution is -2.45. The molecule has 1 saturated heterocycles. The minimum atomic E-state index is -0.783. The van der Waals surface area contributed by atoms with E-state index in [1.165, 1.54) is 4.88 Å². The van der Waals surface area contributed by atoms with Crippen LogP contribution < -0.4 is 4.74 Å². The van der Waals surface area contributed by atoms with Crippen LogP contribution in [0.25, 0.3) is 11.3 Å². The van der Waals surface area contributed by atoms with E-state index in [1.807, 2.05) is 35.7 Å². The zero-order valence-electron chi connectivity index (χ0n) is 17.5. The second kappa shape index (κ2) is 9.67. The van der Waals surface area contributed by atoms with Gasteiger partial charge in [0.15, 0.2) is 0 Å². The zero-order chi connectivity index (χ0) is 21.7. The Hall–Kier alpha value is -2.63. The Morgan fingerprint density at radius 1 is 1.26 bits per heavy atom. The Balaban J connectivity index is 1.33. The van der Waals surface area contributed by atoms with Crippen LogP contribution in [-0.2, 0) is 13.0 Å². The van der Waals surface area contributed by atoms with E-state index in [1.54, 1.807) is 18.4 Å². The topological polar surface area (TPSA) is 79.0 Å². The Morgan fingerprint density at radius 3 is 2.87 bits per heavy atom. The molecule has 0 unspecified atom stereocenters. The number of methoxy groups -OCH3 is 1. The van der Waals surface area contributed by atoms with Gasteiger partial charge in [0.05, 0.1) is 12.7 Å². The summed E-state index contributed by atoms with van der Waals surface area (Å²) in [4.78, 5) is 3.59. The van der Waals surface area contributed by atoms with Crippen molar-refractivity contribution in [2.75, 3.05) is 26.8 Å². The lowest BCUT2D eigenvalue weighted by atomic mass is 9.87. The average molecular weight is 439 g/mol. The van der Waals surface area contributed by atoms with E-state index in [4.69, 9.17) is 14.4 Å². The van der Waals surface area contributed by atoms with Gasteiger partial charge in [-0.3, -0.25) is 4.90 Å². The minimum absolute atomic E-state index is 0.123. The van der Waals surface area contributed by atoms with Crippen molar-refractivity contribution in [3.63, 3.8) is 0 Å². The molecule has 2 N–H and O–H groups in total. The lowest BCUT2D eigenvalue weighted by molar-refractivity contribution is -0.0263. The van der Waals surface area contributed by atoms with Gasteiger partial charge in [-0.15, -0.1) is 11.3 Å². The largest absolute Gasteiger partial charge is 0.497 e. The highest BCUT2D eigenvalue weighted by molar-refractivity contribution is 7.10. The zero-order valence-corrected chi connectivity index (χ0v) is 18.3. The molecule has 1 aromatic carbocycles. The minimum Gasteiger partial charge on any atom is -0.497 e. The van der Waals surface area contributed by atoms with E-state index in [-0.39, 0.29) is 6.61 Å². The van der Waals surface area contributed by atoms with Crippen LogP contribution in [0.2, 0.25) is 0 Å². The van der Waals surface area contributed by atoms with E-state index in [0.29, 0.717) is 25.0 Å². The SMILES string of the molecule is COc1cccc(-c2cc(CC3(O)CCN(Cc4cc(C#CCO)cs4)CC3)on2)c1. The predicted molar refractivity (Wildman–Crippen MR) is 120 cm³/mol. The fraction of sp³-hybridized carbons (Fsp3) is 0.375.